The average Bonchev–Trinajstić information content (AvgIpc) is 3.25. The Morgan fingerprint density at radius 3 is 2.71 bits per heavy atom. The largest absolute Gasteiger partial charge is 0.454 e. The fourth-order valence-corrected chi connectivity index (χ4v) is 2.92. The lowest BCUT2D eigenvalue weighted by molar-refractivity contribution is -0.149. The molecule has 0 saturated carbocycles. The van der Waals surface area contributed by atoms with Gasteiger partial charge >= 0.3 is 12.0 Å². The van der Waals surface area contributed by atoms with Crippen LogP contribution in [0.25, 0.3) is 11.5 Å². The zero-order valence-corrected chi connectivity index (χ0v) is 15.8. The first-order valence-electron chi connectivity index (χ1n) is 9.10. The van der Waals surface area contributed by atoms with Crippen molar-refractivity contribution < 1.29 is 23.5 Å². The second kappa shape index (κ2) is 8.20. The second-order valence-electron chi connectivity index (χ2n) is 6.78. The van der Waals surface area contributed by atoms with Crippen molar-refractivity contribution in [2.45, 2.75) is 45.3 Å². The Kier molecular flexibility index (Phi) is 5.72. The van der Waals surface area contributed by atoms with E-state index in [0.29, 0.717) is 12.3 Å². The third-order valence-electron chi connectivity index (χ3n) is 4.51. The summed E-state index contributed by atoms with van der Waals surface area (Å²) in [6, 6.07) is 8.58. The Morgan fingerprint density at radius 2 is 2.00 bits per heavy atom. The SMILES string of the molecule is CCCC[C@@]1(C)NC(=O)N(CC(=O)OCc2nnc(-c3ccccc3)o2)C1=O. The molecule has 1 saturated heterocycles. The van der Waals surface area contributed by atoms with E-state index < -0.39 is 30.0 Å². The molecule has 9 nitrogen and oxygen atoms in total. The zero-order valence-electron chi connectivity index (χ0n) is 15.8. The molecule has 0 aliphatic carbocycles. The second-order valence-corrected chi connectivity index (χ2v) is 6.78. The summed E-state index contributed by atoms with van der Waals surface area (Å²) < 4.78 is 10.5. The molecule has 28 heavy (non-hydrogen) atoms. The van der Waals surface area contributed by atoms with Gasteiger partial charge < -0.3 is 14.5 Å². The summed E-state index contributed by atoms with van der Waals surface area (Å²) in [6.45, 7) is 2.96. The minimum absolute atomic E-state index is 0.122. The predicted molar refractivity (Wildman–Crippen MR) is 97.7 cm³/mol. The quantitative estimate of drug-likeness (QED) is 0.547. The number of esters is 1. The molecule has 1 aromatic heterocycles. The Hall–Kier alpha value is -3.23. The molecule has 1 aliphatic rings. The molecule has 1 fully saturated rings. The van der Waals surface area contributed by atoms with Crippen molar-refractivity contribution in [3.63, 3.8) is 0 Å². The maximum atomic E-state index is 12.5. The van der Waals surface area contributed by atoms with Crippen molar-refractivity contribution in [1.82, 2.24) is 20.4 Å². The molecule has 1 atom stereocenters. The average molecular weight is 386 g/mol. The van der Waals surface area contributed by atoms with Gasteiger partial charge in [0.15, 0.2) is 6.61 Å². The summed E-state index contributed by atoms with van der Waals surface area (Å²) in [4.78, 5) is 37.5. The van der Waals surface area contributed by atoms with Crippen LogP contribution in [0.1, 0.15) is 39.0 Å². The van der Waals surface area contributed by atoms with E-state index in [-0.39, 0.29) is 12.5 Å². The number of hydrogen-bond acceptors (Lipinski definition) is 7. The van der Waals surface area contributed by atoms with E-state index in [2.05, 4.69) is 15.5 Å². The first-order chi connectivity index (χ1) is 13.4. The number of amides is 3. The van der Waals surface area contributed by atoms with Crippen LogP contribution in [0.5, 0.6) is 0 Å². The van der Waals surface area contributed by atoms with E-state index in [1.54, 1.807) is 6.92 Å². The molecule has 0 unspecified atom stereocenters. The number of benzene rings is 1. The molecule has 2 heterocycles. The van der Waals surface area contributed by atoms with E-state index in [1.807, 2.05) is 37.3 Å². The van der Waals surface area contributed by atoms with Gasteiger partial charge in [0.05, 0.1) is 0 Å². The minimum atomic E-state index is -0.982. The number of carbonyl (C=O) groups excluding carboxylic acids is 3. The van der Waals surface area contributed by atoms with Gasteiger partial charge in [-0.25, -0.2) is 4.79 Å². The fraction of sp³-hybridized carbons (Fsp3) is 0.421. The first kappa shape index (κ1) is 19.5. The molecule has 0 bridgehead atoms. The van der Waals surface area contributed by atoms with Crippen LogP contribution in [0.2, 0.25) is 0 Å². The highest BCUT2D eigenvalue weighted by Crippen LogP contribution is 2.23. The number of imide groups is 1. The first-order valence-corrected chi connectivity index (χ1v) is 9.10. The van der Waals surface area contributed by atoms with E-state index in [4.69, 9.17) is 9.15 Å². The highest BCUT2D eigenvalue weighted by atomic mass is 16.5. The summed E-state index contributed by atoms with van der Waals surface area (Å²) in [6.07, 6.45) is 2.21. The maximum Gasteiger partial charge on any atom is 0.326 e. The van der Waals surface area contributed by atoms with Crippen molar-refractivity contribution >= 4 is 17.9 Å². The van der Waals surface area contributed by atoms with Gasteiger partial charge in [0.1, 0.15) is 12.1 Å². The predicted octanol–water partition coefficient (Wildman–Crippen LogP) is 2.28. The minimum Gasteiger partial charge on any atom is -0.454 e. The van der Waals surface area contributed by atoms with Gasteiger partial charge in [0.2, 0.25) is 5.89 Å². The molecule has 0 radical (unpaired) electrons. The summed E-state index contributed by atoms with van der Waals surface area (Å²) >= 11 is 0. The number of aromatic nitrogens is 2. The molecule has 3 amide bonds. The molecule has 1 aromatic carbocycles. The van der Waals surface area contributed by atoms with Crippen molar-refractivity contribution in [2.24, 2.45) is 0 Å². The van der Waals surface area contributed by atoms with E-state index >= 15 is 0 Å². The standard InChI is InChI=1S/C19H22N4O5/c1-3-4-10-19(2)17(25)23(18(26)20-19)11-15(24)27-12-14-21-22-16(28-14)13-8-6-5-7-9-13/h5-9H,3-4,10-12H2,1-2H3,(H,20,26)/t19-/m1/s1. The third-order valence-corrected chi connectivity index (χ3v) is 4.51. The highest BCUT2D eigenvalue weighted by molar-refractivity contribution is 6.08. The summed E-state index contributed by atoms with van der Waals surface area (Å²) in [5, 5.41) is 10.4. The normalized spacial score (nSPS) is 19.0. The number of nitrogens with zero attached hydrogens (tertiary/aromatic N) is 3. The molecule has 1 N–H and O–H groups in total. The Bertz CT molecular complexity index is 866. The summed E-state index contributed by atoms with van der Waals surface area (Å²) in [7, 11) is 0. The molecule has 1 aliphatic heterocycles. The lowest BCUT2D eigenvalue weighted by atomic mass is 9.95. The molecule has 2 aromatic rings. The lowest BCUT2D eigenvalue weighted by Gasteiger charge is -2.20. The molecular formula is C19H22N4O5. The summed E-state index contributed by atoms with van der Waals surface area (Å²) in [5.41, 5.74) is -0.233. The van der Waals surface area contributed by atoms with Gasteiger partial charge in [0, 0.05) is 5.56 Å². The van der Waals surface area contributed by atoms with Crippen LogP contribution in [-0.2, 0) is 20.9 Å². The van der Waals surface area contributed by atoms with Gasteiger partial charge in [-0.2, -0.15) is 0 Å². The molecule has 3 rings (SSSR count). The van der Waals surface area contributed by atoms with Crippen molar-refractivity contribution in [3.8, 4) is 11.5 Å². The number of carbonyl (C=O) groups is 3. The molecular weight excluding hydrogens is 364 g/mol. The van der Waals surface area contributed by atoms with Crippen LogP contribution < -0.4 is 5.32 Å². The van der Waals surface area contributed by atoms with Crippen molar-refractivity contribution in [3.05, 3.63) is 36.2 Å². The smallest absolute Gasteiger partial charge is 0.326 e. The highest BCUT2D eigenvalue weighted by Gasteiger charge is 2.47. The zero-order chi connectivity index (χ0) is 20.1. The monoisotopic (exact) mass is 386 g/mol. The number of rotatable bonds is 8. The van der Waals surface area contributed by atoms with Crippen LogP contribution >= 0.6 is 0 Å². The van der Waals surface area contributed by atoms with Crippen LogP contribution in [0.4, 0.5) is 4.79 Å². The van der Waals surface area contributed by atoms with Gasteiger partial charge in [-0.3, -0.25) is 14.5 Å². The number of nitrogens with one attached hydrogen (secondary N) is 1. The number of unbranched alkanes of at least 4 members (excludes halogenated alkanes) is 1. The van der Waals surface area contributed by atoms with Crippen LogP contribution in [0.15, 0.2) is 34.7 Å². The topological polar surface area (TPSA) is 115 Å². The Balaban J connectivity index is 1.54. The summed E-state index contributed by atoms with van der Waals surface area (Å²) in [5.74, 6) is -0.723. The fourth-order valence-electron chi connectivity index (χ4n) is 2.92. The number of hydrogen-bond donors (Lipinski definition) is 1. The van der Waals surface area contributed by atoms with Gasteiger partial charge in [-0.05, 0) is 25.5 Å². The van der Waals surface area contributed by atoms with Gasteiger partial charge in [-0.1, -0.05) is 38.0 Å². The molecule has 9 heteroatoms. The Labute approximate surface area is 162 Å². The Morgan fingerprint density at radius 1 is 1.25 bits per heavy atom. The lowest BCUT2D eigenvalue weighted by Crippen LogP contribution is -2.44. The molecule has 0 spiro atoms. The van der Waals surface area contributed by atoms with Crippen LogP contribution in [0, 0.1) is 0 Å². The third kappa shape index (κ3) is 4.19. The van der Waals surface area contributed by atoms with E-state index in [0.717, 1.165) is 23.3 Å². The van der Waals surface area contributed by atoms with Crippen molar-refractivity contribution in [2.75, 3.05) is 6.54 Å². The van der Waals surface area contributed by atoms with Gasteiger partial charge in [0.25, 0.3) is 11.8 Å². The van der Waals surface area contributed by atoms with E-state index in [9.17, 15) is 14.4 Å². The van der Waals surface area contributed by atoms with Gasteiger partial charge in [-0.15, -0.1) is 10.2 Å². The maximum absolute atomic E-state index is 12.5. The van der Waals surface area contributed by atoms with Crippen molar-refractivity contribution in [1.29, 1.82) is 0 Å². The number of ether oxygens (including phenoxy) is 1. The number of urea groups is 1. The van der Waals surface area contributed by atoms with E-state index in [1.165, 1.54) is 0 Å². The van der Waals surface area contributed by atoms with Crippen LogP contribution in [0.3, 0.4) is 0 Å². The van der Waals surface area contributed by atoms with Crippen LogP contribution in [-0.4, -0.2) is 45.1 Å². The molecule has 148 valence electrons.